The third-order valence-electron chi connectivity index (χ3n) is 1.67. The van der Waals surface area contributed by atoms with E-state index in [9.17, 15) is 22.9 Å². The Kier molecular flexibility index (Phi) is 3.59. The molecule has 1 aromatic carbocycles. The van der Waals surface area contributed by atoms with Gasteiger partial charge < -0.3 is 0 Å². The molecule has 0 aliphatic heterocycles. The number of hydrogen-bond donors (Lipinski definition) is 1. The van der Waals surface area contributed by atoms with Crippen molar-refractivity contribution in [1.29, 1.82) is 5.26 Å². The van der Waals surface area contributed by atoms with Crippen LogP contribution >= 0.6 is 0 Å². The predicted molar refractivity (Wildman–Crippen MR) is 56.1 cm³/mol. The molecule has 1 rings (SSSR count). The fourth-order valence-electron chi connectivity index (χ4n) is 1.02. The number of rotatable bonds is 4. The highest BCUT2D eigenvalue weighted by molar-refractivity contribution is 7.92. The maximum atomic E-state index is 13.1. The van der Waals surface area contributed by atoms with Gasteiger partial charge in [-0.1, -0.05) is 0 Å². The quantitative estimate of drug-likeness (QED) is 0.640. The molecule has 90 valence electrons. The second kappa shape index (κ2) is 4.75. The van der Waals surface area contributed by atoms with Crippen LogP contribution in [0.4, 0.5) is 15.8 Å². The van der Waals surface area contributed by atoms with Crippen molar-refractivity contribution in [2.45, 2.75) is 0 Å². The van der Waals surface area contributed by atoms with Gasteiger partial charge in [0.1, 0.15) is 0 Å². The van der Waals surface area contributed by atoms with Crippen LogP contribution in [0.25, 0.3) is 0 Å². The maximum absolute atomic E-state index is 13.1. The third kappa shape index (κ3) is 3.39. The number of nitro benzene ring substituents is 1. The van der Waals surface area contributed by atoms with Crippen molar-refractivity contribution in [3.8, 4) is 6.07 Å². The molecule has 0 heterocycles. The molecule has 0 aromatic heterocycles. The number of nitrogens with zero attached hydrogens (tertiary/aromatic N) is 2. The van der Waals surface area contributed by atoms with Crippen LogP contribution in [0, 0.1) is 27.3 Å². The van der Waals surface area contributed by atoms with Gasteiger partial charge in [0.15, 0.2) is 5.75 Å². The molecule has 0 aliphatic carbocycles. The largest absolute Gasteiger partial charge is 0.304 e. The number of halogens is 1. The lowest BCUT2D eigenvalue weighted by molar-refractivity contribution is -0.387. The maximum Gasteiger partial charge on any atom is 0.304 e. The van der Waals surface area contributed by atoms with Crippen LogP contribution in [-0.4, -0.2) is 19.1 Å². The van der Waals surface area contributed by atoms with E-state index in [1.54, 1.807) is 0 Å². The van der Waals surface area contributed by atoms with E-state index in [1.165, 1.54) is 6.07 Å². The highest BCUT2D eigenvalue weighted by Crippen LogP contribution is 2.21. The minimum atomic E-state index is -3.88. The van der Waals surface area contributed by atoms with Crippen LogP contribution in [0.5, 0.6) is 0 Å². The van der Waals surface area contributed by atoms with Gasteiger partial charge in [-0.15, -0.1) is 0 Å². The Bertz CT molecular complexity index is 593. The highest BCUT2D eigenvalue weighted by Gasteiger charge is 2.16. The van der Waals surface area contributed by atoms with Crippen molar-refractivity contribution >= 4 is 21.4 Å². The first kappa shape index (κ1) is 12.9. The summed E-state index contributed by atoms with van der Waals surface area (Å²) in [7, 11) is -3.88. The molecule has 0 spiro atoms. The molecule has 0 aliphatic rings. The molecule has 0 radical (unpaired) electrons. The predicted octanol–water partition coefficient (Wildman–Crippen LogP) is 0.999. The molecule has 7 nitrogen and oxygen atoms in total. The van der Waals surface area contributed by atoms with Gasteiger partial charge in [-0.05, 0) is 6.07 Å². The SMILES string of the molecule is N#CCS(=O)(=O)Nc1ccc([N+](=O)[O-])c(F)c1. The minimum Gasteiger partial charge on any atom is -0.283 e. The summed E-state index contributed by atoms with van der Waals surface area (Å²) in [6, 6.07) is 3.96. The lowest BCUT2D eigenvalue weighted by Crippen LogP contribution is -2.15. The Morgan fingerprint density at radius 1 is 1.53 bits per heavy atom. The van der Waals surface area contributed by atoms with Crippen molar-refractivity contribution in [3.63, 3.8) is 0 Å². The summed E-state index contributed by atoms with van der Waals surface area (Å²) in [6.07, 6.45) is 0. The lowest BCUT2D eigenvalue weighted by Gasteiger charge is -2.04. The van der Waals surface area contributed by atoms with Gasteiger partial charge in [0.25, 0.3) is 0 Å². The summed E-state index contributed by atoms with van der Waals surface area (Å²) in [5.74, 6) is -1.95. The zero-order chi connectivity index (χ0) is 13.1. The van der Waals surface area contributed by atoms with Crippen molar-refractivity contribution in [1.82, 2.24) is 0 Å². The third-order valence-corrected chi connectivity index (χ3v) is 2.73. The van der Waals surface area contributed by atoms with Crippen LogP contribution in [0.15, 0.2) is 18.2 Å². The van der Waals surface area contributed by atoms with E-state index >= 15 is 0 Å². The van der Waals surface area contributed by atoms with Crippen molar-refractivity contribution < 1.29 is 17.7 Å². The molecule has 0 saturated heterocycles. The summed E-state index contributed by atoms with van der Waals surface area (Å²) in [6.45, 7) is 0. The van der Waals surface area contributed by atoms with Gasteiger partial charge in [0, 0.05) is 12.1 Å². The second-order valence-corrected chi connectivity index (χ2v) is 4.66. The first-order chi connectivity index (χ1) is 7.85. The van der Waals surface area contributed by atoms with Crippen molar-refractivity contribution in [3.05, 3.63) is 34.1 Å². The summed E-state index contributed by atoms with van der Waals surface area (Å²) >= 11 is 0. The molecule has 0 unspecified atom stereocenters. The van der Waals surface area contributed by atoms with E-state index < -0.39 is 32.2 Å². The van der Waals surface area contributed by atoms with Gasteiger partial charge in [0.05, 0.1) is 16.7 Å². The molecule has 0 bridgehead atoms. The van der Waals surface area contributed by atoms with E-state index in [0.717, 1.165) is 12.1 Å². The lowest BCUT2D eigenvalue weighted by atomic mass is 10.3. The average Bonchev–Trinajstić information content (AvgIpc) is 2.15. The smallest absolute Gasteiger partial charge is 0.283 e. The van der Waals surface area contributed by atoms with Gasteiger partial charge in [-0.3, -0.25) is 14.8 Å². The molecule has 17 heavy (non-hydrogen) atoms. The molecule has 1 N–H and O–H groups in total. The van der Waals surface area contributed by atoms with Crippen LogP contribution in [0.1, 0.15) is 0 Å². The number of benzene rings is 1. The first-order valence-corrected chi connectivity index (χ1v) is 5.82. The zero-order valence-electron chi connectivity index (χ0n) is 8.25. The number of nitriles is 1. The standard InChI is InChI=1S/C8H6FN3O4S/c9-7-5-6(1-2-8(7)12(13)14)11-17(15,16)4-3-10/h1-2,5,11H,4H2. The normalized spacial score (nSPS) is 10.6. The van der Waals surface area contributed by atoms with Gasteiger partial charge in [-0.2, -0.15) is 9.65 Å². The molecule has 0 atom stereocenters. The van der Waals surface area contributed by atoms with Crippen LogP contribution in [0.2, 0.25) is 0 Å². The van der Waals surface area contributed by atoms with Gasteiger partial charge >= 0.3 is 5.69 Å². The number of anilines is 1. The van der Waals surface area contributed by atoms with Gasteiger partial charge in [0.2, 0.25) is 15.8 Å². The first-order valence-electron chi connectivity index (χ1n) is 4.17. The molecular weight excluding hydrogens is 253 g/mol. The molecule has 0 amide bonds. The Morgan fingerprint density at radius 3 is 2.65 bits per heavy atom. The molecule has 0 saturated carbocycles. The minimum absolute atomic E-state index is 0.177. The Morgan fingerprint density at radius 2 is 2.18 bits per heavy atom. The highest BCUT2D eigenvalue weighted by atomic mass is 32.2. The van der Waals surface area contributed by atoms with E-state index in [4.69, 9.17) is 5.26 Å². The van der Waals surface area contributed by atoms with Gasteiger partial charge in [-0.25, -0.2) is 8.42 Å². The van der Waals surface area contributed by atoms with E-state index in [0.29, 0.717) is 6.07 Å². The van der Waals surface area contributed by atoms with Crippen LogP contribution < -0.4 is 4.72 Å². The number of hydrogen-bond acceptors (Lipinski definition) is 5. The van der Waals surface area contributed by atoms with E-state index in [-0.39, 0.29) is 5.69 Å². The Labute approximate surface area is 95.7 Å². The average molecular weight is 259 g/mol. The van der Waals surface area contributed by atoms with E-state index in [2.05, 4.69) is 0 Å². The topological polar surface area (TPSA) is 113 Å². The number of nitrogens with one attached hydrogen (secondary N) is 1. The fourth-order valence-corrected chi connectivity index (χ4v) is 1.75. The van der Waals surface area contributed by atoms with E-state index in [1.807, 2.05) is 4.72 Å². The summed E-state index contributed by atoms with van der Waals surface area (Å²) in [5.41, 5.74) is -0.934. The fraction of sp³-hybridized carbons (Fsp3) is 0.125. The Hall–Kier alpha value is -2.21. The van der Waals surface area contributed by atoms with Crippen LogP contribution in [0.3, 0.4) is 0 Å². The molecular formula is C8H6FN3O4S. The second-order valence-electron chi connectivity index (χ2n) is 2.94. The van der Waals surface area contributed by atoms with Crippen molar-refractivity contribution in [2.75, 3.05) is 10.5 Å². The molecule has 9 heteroatoms. The Balaban J connectivity index is 3.01. The van der Waals surface area contributed by atoms with Crippen molar-refractivity contribution in [2.24, 2.45) is 0 Å². The zero-order valence-corrected chi connectivity index (χ0v) is 9.07. The number of sulfonamides is 1. The monoisotopic (exact) mass is 259 g/mol. The summed E-state index contributed by atoms with van der Waals surface area (Å²) in [4.78, 5) is 9.38. The molecule has 0 fully saturated rings. The number of nitro groups is 1. The summed E-state index contributed by atoms with van der Waals surface area (Å²) < 4.78 is 37.3. The molecule has 1 aromatic rings. The van der Waals surface area contributed by atoms with Crippen LogP contribution in [-0.2, 0) is 10.0 Å². The summed E-state index contributed by atoms with van der Waals surface area (Å²) in [5, 5.41) is 18.5.